The van der Waals surface area contributed by atoms with Crippen LogP contribution < -0.4 is 0 Å². The van der Waals surface area contributed by atoms with Gasteiger partial charge >= 0.3 is 5.97 Å². The highest BCUT2D eigenvalue weighted by Gasteiger charge is 2.18. The molecule has 0 fully saturated rings. The first-order chi connectivity index (χ1) is 12.1. The van der Waals surface area contributed by atoms with Gasteiger partial charge in [-0.1, -0.05) is 42.5 Å². The van der Waals surface area contributed by atoms with Gasteiger partial charge in [0.25, 0.3) is 0 Å². The molecule has 0 amide bonds. The first kappa shape index (κ1) is 19.1. The van der Waals surface area contributed by atoms with Gasteiger partial charge in [-0.3, -0.25) is 4.79 Å². The Bertz CT molecular complexity index is 673. The van der Waals surface area contributed by atoms with Gasteiger partial charge in [-0.25, -0.2) is 4.39 Å². The lowest BCUT2D eigenvalue weighted by Crippen LogP contribution is -2.17. The number of benzene rings is 2. The van der Waals surface area contributed by atoms with Crippen LogP contribution >= 0.6 is 0 Å². The summed E-state index contributed by atoms with van der Waals surface area (Å²) in [6, 6.07) is 14.1. The van der Waals surface area contributed by atoms with E-state index in [1.54, 1.807) is 26.2 Å². The van der Waals surface area contributed by atoms with E-state index in [4.69, 9.17) is 14.2 Å². The van der Waals surface area contributed by atoms with E-state index >= 15 is 0 Å². The third kappa shape index (κ3) is 5.66. The molecule has 0 aromatic heterocycles. The number of halogens is 1. The van der Waals surface area contributed by atoms with Gasteiger partial charge in [0.2, 0.25) is 0 Å². The Morgan fingerprint density at radius 2 is 1.76 bits per heavy atom. The molecular weight excluding hydrogens is 323 g/mol. The smallest absolute Gasteiger partial charge is 0.313 e. The number of ether oxygens (including phenoxy) is 3. The predicted molar refractivity (Wildman–Crippen MR) is 93.9 cm³/mol. The molecule has 0 heterocycles. The van der Waals surface area contributed by atoms with Gasteiger partial charge in [0, 0.05) is 12.7 Å². The number of hydrogen-bond acceptors (Lipinski definition) is 4. The number of methoxy groups -OCH3 is 1. The van der Waals surface area contributed by atoms with Crippen molar-refractivity contribution < 1.29 is 23.4 Å². The van der Waals surface area contributed by atoms with Crippen molar-refractivity contribution in [1.29, 1.82) is 0 Å². The molecule has 5 heteroatoms. The second kappa shape index (κ2) is 9.91. The topological polar surface area (TPSA) is 44.8 Å². The predicted octanol–water partition coefficient (Wildman–Crippen LogP) is 3.80. The third-order valence-corrected chi connectivity index (χ3v) is 3.84. The number of rotatable bonds is 9. The number of carbonyl (C=O) groups excluding carboxylic acids is 1. The van der Waals surface area contributed by atoms with Crippen LogP contribution in [-0.4, -0.2) is 39.5 Å². The Labute approximate surface area is 147 Å². The molecule has 0 radical (unpaired) electrons. The minimum atomic E-state index is -0.543. The van der Waals surface area contributed by atoms with E-state index in [0.29, 0.717) is 30.9 Å². The summed E-state index contributed by atoms with van der Waals surface area (Å²) in [5.74, 6) is -1.30. The molecule has 0 saturated heterocycles. The van der Waals surface area contributed by atoms with Crippen molar-refractivity contribution in [3.05, 3.63) is 59.9 Å². The van der Waals surface area contributed by atoms with Crippen LogP contribution in [0.1, 0.15) is 18.4 Å². The van der Waals surface area contributed by atoms with Gasteiger partial charge in [0.05, 0.1) is 25.7 Å². The molecule has 0 bridgehead atoms. The van der Waals surface area contributed by atoms with E-state index in [9.17, 15) is 9.18 Å². The molecule has 0 aliphatic heterocycles. The molecule has 1 atom stereocenters. The van der Waals surface area contributed by atoms with Gasteiger partial charge in [-0.05, 0) is 24.1 Å². The van der Waals surface area contributed by atoms with Gasteiger partial charge < -0.3 is 14.2 Å². The summed E-state index contributed by atoms with van der Waals surface area (Å²) < 4.78 is 29.6. The minimum Gasteiger partial charge on any atom is -0.463 e. The van der Waals surface area contributed by atoms with Gasteiger partial charge in [-0.2, -0.15) is 0 Å². The molecule has 0 aliphatic rings. The minimum absolute atomic E-state index is 0.164. The van der Waals surface area contributed by atoms with Crippen LogP contribution in [0.3, 0.4) is 0 Å². The Morgan fingerprint density at radius 1 is 1.04 bits per heavy atom. The van der Waals surface area contributed by atoms with Gasteiger partial charge in [-0.15, -0.1) is 0 Å². The molecule has 0 saturated carbocycles. The van der Waals surface area contributed by atoms with E-state index in [-0.39, 0.29) is 12.4 Å². The summed E-state index contributed by atoms with van der Waals surface area (Å²) in [4.78, 5) is 12.1. The zero-order chi connectivity index (χ0) is 18.1. The van der Waals surface area contributed by atoms with Crippen molar-refractivity contribution in [1.82, 2.24) is 0 Å². The Hall–Kier alpha value is -2.24. The fraction of sp³-hybridized carbons (Fsp3) is 0.350. The van der Waals surface area contributed by atoms with Crippen molar-refractivity contribution in [2.75, 3.05) is 33.5 Å². The Balaban J connectivity index is 1.92. The molecule has 0 N–H and O–H groups in total. The molecule has 25 heavy (non-hydrogen) atoms. The van der Waals surface area contributed by atoms with Crippen LogP contribution in [-0.2, 0) is 19.0 Å². The average Bonchev–Trinajstić information content (AvgIpc) is 2.64. The fourth-order valence-electron chi connectivity index (χ4n) is 2.36. The van der Waals surface area contributed by atoms with E-state index in [2.05, 4.69) is 0 Å². The molecule has 0 unspecified atom stereocenters. The molecule has 134 valence electrons. The van der Waals surface area contributed by atoms with E-state index in [1.807, 2.05) is 30.3 Å². The lowest BCUT2D eigenvalue weighted by molar-refractivity contribution is -0.146. The second-order valence-corrected chi connectivity index (χ2v) is 5.60. The Morgan fingerprint density at radius 3 is 2.44 bits per heavy atom. The van der Waals surface area contributed by atoms with Gasteiger partial charge in [0.15, 0.2) is 0 Å². The zero-order valence-electron chi connectivity index (χ0n) is 14.5. The lowest BCUT2D eigenvalue weighted by atomic mass is 9.97. The monoisotopic (exact) mass is 346 g/mol. The van der Waals surface area contributed by atoms with Crippen molar-refractivity contribution in [3.8, 4) is 11.1 Å². The maximum absolute atomic E-state index is 14.4. The largest absolute Gasteiger partial charge is 0.463 e. The number of hydrogen-bond donors (Lipinski definition) is 0. The summed E-state index contributed by atoms with van der Waals surface area (Å²) in [5, 5.41) is 0. The van der Waals surface area contributed by atoms with E-state index in [1.165, 1.54) is 6.07 Å². The van der Waals surface area contributed by atoms with Crippen molar-refractivity contribution in [2.45, 2.75) is 12.8 Å². The lowest BCUT2D eigenvalue weighted by Gasteiger charge is -2.13. The second-order valence-electron chi connectivity index (χ2n) is 5.60. The highest BCUT2D eigenvalue weighted by atomic mass is 19.1. The van der Waals surface area contributed by atoms with E-state index in [0.717, 1.165) is 5.56 Å². The maximum Gasteiger partial charge on any atom is 0.313 e. The van der Waals surface area contributed by atoms with Crippen molar-refractivity contribution >= 4 is 5.97 Å². The molecule has 0 spiro atoms. The summed E-state index contributed by atoms with van der Waals surface area (Å²) in [5.41, 5.74) is 1.90. The normalized spacial score (nSPS) is 12.0. The van der Waals surface area contributed by atoms with Crippen molar-refractivity contribution in [2.24, 2.45) is 0 Å². The molecule has 0 aliphatic carbocycles. The summed E-state index contributed by atoms with van der Waals surface area (Å²) >= 11 is 0. The fourth-order valence-corrected chi connectivity index (χ4v) is 2.36. The standard InChI is InChI=1S/C20H23FO4/c1-15(20(22)25-13-12-24-11-10-23-2)17-8-9-18(19(21)14-17)16-6-4-3-5-7-16/h3-9,14-15H,10-13H2,1-2H3/t15-/m1/s1. The van der Waals surface area contributed by atoms with Crippen LogP contribution in [0.5, 0.6) is 0 Å². The van der Waals surface area contributed by atoms with Crippen LogP contribution in [0, 0.1) is 5.82 Å². The van der Waals surface area contributed by atoms with Crippen LogP contribution in [0.2, 0.25) is 0 Å². The summed E-state index contributed by atoms with van der Waals surface area (Å²) in [6.07, 6.45) is 0. The SMILES string of the molecule is COCCOCCOC(=O)[C@H](C)c1ccc(-c2ccccc2)c(F)c1. The molecule has 4 nitrogen and oxygen atoms in total. The number of esters is 1. The highest BCUT2D eigenvalue weighted by molar-refractivity contribution is 5.78. The summed E-state index contributed by atoms with van der Waals surface area (Å²) in [6.45, 7) is 3.12. The highest BCUT2D eigenvalue weighted by Crippen LogP contribution is 2.26. The third-order valence-electron chi connectivity index (χ3n) is 3.84. The maximum atomic E-state index is 14.4. The molecule has 2 rings (SSSR count). The zero-order valence-corrected chi connectivity index (χ0v) is 14.5. The Kier molecular flexibility index (Phi) is 7.57. The average molecular weight is 346 g/mol. The van der Waals surface area contributed by atoms with Crippen molar-refractivity contribution in [3.63, 3.8) is 0 Å². The van der Waals surface area contributed by atoms with Gasteiger partial charge in [0.1, 0.15) is 12.4 Å². The number of carbonyl (C=O) groups is 1. The molecular formula is C20H23FO4. The van der Waals surface area contributed by atoms with Crippen LogP contribution in [0.25, 0.3) is 11.1 Å². The first-order valence-electron chi connectivity index (χ1n) is 8.21. The summed E-state index contributed by atoms with van der Waals surface area (Å²) in [7, 11) is 1.59. The molecule has 2 aromatic carbocycles. The van der Waals surface area contributed by atoms with E-state index < -0.39 is 11.9 Å². The first-order valence-corrected chi connectivity index (χ1v) is 8.21. The molecule has 2 aromatic rings. The van der Waals surface area contributed by atoms with Crippen LogP contribution in [0.4, 0.5) is 4.39 Å². The quantitative estimate of drug-likeness (QED) is 0.512. The van der Waals surface area contributed by atoms with Crippen LogP contribution in [0.15, 0.2) is 48.5 Å².